The van der Waals surface area contributed by atoms with Crippen LogP contribution in [-0.4, -0.2) is 21.2 Å². The summed E-state index contributed by atoms with van der Waals surface area (Å²) in [6.07, 6.45) is 0.598. The molecule has 0 amide bonds. The molecule has 0 aliphatic rings. The molecule has 2 rings (SSSR count). The smallest absolute Gasteiger partial charge is 0.342 e. The molecule has 0 radical (unpaired) electrons. The molecule has 0 spiro atoms. The Labute approximate surface area is 107 Å². The Morgan fingerprint density at radius 2 is 2.00 bits per heavy atom. The summed E-state index contributed by atoms with van der Waals surface area (Å²) in [7, 11) is 0. The van der Waals surface area contributed by atoms with Gasteiger partial charge in [0.25, 0.3) is 5.56 Å². The van der Waals surface area contributed by atoms with Crippen LogP contribution in [0.1, 0.15) is 12.5 Å². The average molecular weight is 264 g/mol. The number of halogens is 1. The summed E-state index contributed by atoms with van der Waals surface area (Å²) in [6, 6.07) is 6.03. The zero-order valence-corrected chi connectivity index (χ0v) is 10.2. The summed E-state index contributed by atoms with van der Waals surface area (Å²) in [6.45, 7) is 1.86. The van der Waals surface area contributed by atoms with Gasteiger partial charge in [-0.25, -0.2) is 14.3 Å². The van der Waals surface area contributed by atoms with Gasteiger partial charge in [-0.2, -0.15) is 0 Å². The quantitative estimate of drug-likeness (QED) is 0.755. The number of H-pyrrole nitrogens is 2. The predicted molar refractivity (Wildman–Crippen MR) is 68.7 cm³/mol. The number of hydrogen-bond donors (Lipinski definition) is 3. The van der Waals surface area contributed by atoms with E-state index < -0.39 is 11.2 Å². The summed E-state index contributed by atoms with van der Waals surface area (Å²) in [5, 5.41) is 8.65. The van der Waals surface area contributed by atoms with Crippen molar-refractivity contribution in [2.75, 3.05) is 5.32 Å². The average Bonchev–Trinajstić information content (AvgIpc) is 2.36. The lowest BCUT2D eigenvalue weighted by molar-refractivity contribution is 0.626. The number of rotatable bonds is 4. The number of benzene rings is 1. The monoisotopic (exact) mass is 264 g/mol. The summed E-state index contributed by atoms with van der Waals surface area (Å²) < 4.78 is 12.8. The van der Waals surface area contributed by atoms with E-state index in [4.69, 9.17) is 0 Å². The number of anilines is 1. The van der Waals surface area contributed by atoms with Gasteiger partial charge in [-0.3, -0.25) is 9.78 Å². The molecule has 6 nitrogen and oxygen atoms in total. The first-order valence-electron chi connectivity index (χ1n) is 5.74. The molecule has 7 heteroatoms. The van der Waals surface area contributed by atoms with Crippen LogP contribution in [0.2, 0.25) is 0 Å². The lowest BCUT2D eigenvalue weighted by Crippen LogP contribution is -2.30. The fraction of sp³-hybridized carbons (Fsp3) is 0.250. The van der Waals surface area contributed by atoms with Gasteiger partial charge in [0.15, 0.2) is 0 Å². The molecule has 1 atom stereocenters. The second-order valence-corrected chi connectivity index (χ2v) is 4.23. The summed E-state index contributed by atoms with van der Waals surface area (Å²) >= 11 is 0. The molecule has 1 unspecified atom stereocenters. The van der Waals surface area contributed by atoms with Crippen LogP contribution < -0.4 is 16.6 Å². The maximum atomic E-state index is 12.8. The van der Waals surface area contributed by atoms with Crippen LogP contribution >= 0.6 is 0 Å². The Kier molecular flexibility index (Phi) is 3.74. The van der Waals surface area contributed by atoms with Crippen LogP contribution in [0, 0.1) is 5.82 Å². The zero-order valence-electron chi connectivity index (χ0n) is 10.2. The molecule has 3 N–H and O–H groups in total. The summed E-state index contributed by atoms with van der Waals surface area (Å²) in [4.78, 5) is 24.3. The minimum absolute atomic E-state index is 0.0502. The molecule has 19 heavy (non-hydrogen) atoms. The van der Waals surface area contributed by atoms with Gasteiger partial charge in [-0.05, 0) is 31.0 Å². The highest BCUT2D eigenvalue weighted by molar-refractivity contribution is 5.31. The van der Waals surface area contributed by atoms with Crippen LogP contribution in [0.25, 0.3) is 0 Å². The summed E-state index contributed by atoms with van der Waals surface area (Å²) in [5.74, 6) is -0.239. The normalized spacial score (nSPS) is 12.1. The molecule has 0 saturated carbocycles. The second kappa shape index (κ2) is 5.47. The molecule has 2 aromatic rings. The van der Waals surface area contributed by atoms with Crippen molar-refractivity contribution >= 4 is 5.82 Å². The van der Waals surface area contributed by atoms with Gasteiger partial charge in [0, 0.05) is 6.04 Å². The standard InChI is InChI=1S/C12H13FN4O2/c1-7(6-8-2-4-9(13)5-3-8)14-10-11(18)15-12(19)17-16-10/h2-5,7H,6H2,1H3,(H,14,16)(H2,15,17,18,19). The van der Waals surface area contributed by atoms with Gasteiger partial charge in [0.05, 0.1) is 0 Å². The SMILES string of the molecule is CC(Cc1ccc(F)cc1)Nc1n[nH]c(=O)[nH]c1=O. The van der Waals surface area contributed by atoms with E-state index in [1.165, 1.54) is 12.1 Å². The van der Waals surface area contributed by atoms with E-state index in [-0.39, 0.29) is 17.7 Å². The van der Waals surface area contributed by atoms with E-state index in [9.17, 15) is 14.0 Å². The largest absolute Gasteiger partial charge is 0.361 e. The minimum atomic E-state index is -0.651. The van der Waals surface area contributed by atoms with Gasteiger partial charge < -0.3 is 5.32 Å². The first-order chi connectivity index (χ1) is 9.04. The van der Waals surface area contributed by atoms with Crippen molar-refractivity contribution in [3.05, 3.63) is 56.5 Å². The molecule has 0 bridgehead atoms. The van der Waals surface area contributed by atoms with E-state index >= 15 is 0 Å². The number of nitrogens with one attached hydrogen (secondary N) is 3. The molecule has 1 heterocycles. The predicted octanol–water partition coefficient (Wildman–Crippen LogP) is 0.640. The van der Waals surface area contributed by atoms with Crippen molar-refractivity contribution in [2.24, 2.45) is 0 Å². The van der Waals surface area contributed by atoms with Crippen LogP contribution in [0.3, 0.4) is 0 Å². The first kappa shape index (κ1) is 13.0. The van der Waals surface area contributed by atoms with Gasteiger partial charge in [0.2, 0.25) is 5.82 Å². The second-order valence-electron chi connectivity index (χ2n) is 4.23. The van der Waals surface area contributed by atoms with Gasteiger partial charge >= 0.3 is 5.69 Å². The topological polar surface area (TPSA) is 90.6 Å². The number of aromatic amines is 2. The molecule has 1 aromatic heterocycles. The molecule has 0 fully saturated rings. The third-order valence-electron chi connectivity index (χ3n) is 2.55. The highest BCUT2D eigenvalue weighted by Crippen LogP contribution is 2.07. The van der Waals surface area contributed by atoms with Crippen molar-refractivity contribution in [3.8, 4) is 0 Å². The third-order valence-corrected chi connectivity index (χ3v) is 2.55. The van der Waals surface area contributed by atoms with Gasteiger partial charge in [-0.1, -0.05) is 12.1 Å². The van der Waals surface area contributed by atoms with Crippen LogP contribution in [0.4, 0.5) is 10.2 Å². The third kappa shape index (κ3) is 3.51. The maximum absolute atomic E-state index is 12.8. The molecule has 0 saturated heterocycles. The Morgan fingerprint density at radius 3 is 2.63 bits per heavy atom. The van der Waals surface area contributed by atoms with Crippen molar-refractivity contribution in [3.63, 3.8) is 0 Å². The molecule has 1 aromatic carbocycles. The Balaban J connectivity index is 2.05. The van der Waals surface area contributed by atoms with Crippen molar-refractivity contribution < 1.29 is 4.39 Å². The van der Waals surface area contributed by atoms with E-state index in [0.29, 0.717) is 6.42 Å². The zero-order chi connectivity index (χ0) is 13.8. The van der Waals surface area contributed by atoms with E-state index in [2.05, 4.69) is 20.5 Å². The Hall–Kier alpha value is -2.44. The molecular formula is C12H13FN4O2. The lowest BCUT2D eigenvalue weighted by Gasteiger charge is -2.13. The molecular weight excluding hydrogens is 251 g/mol. The number of nitrogens with zero attached hydrogens (tertiary/aromatic N) is 1. The Bertz CT molecular complexity index is 662. The van der Waals surface area contributed by atoms with E-state index in [1.807, 2.05) is 6.92 Å². The van der Waals surface area contributed by atoms with Crippen LogP contribution in [0.5, 0.6) is 0 Å². The lowest BCUT2D eigenvalue weighted by atomic mass is 10.1. The molecule has 0 aliphatic carbocycles. The van der Waals surface area contributed by atoms with Gasteiger partial charge in [0.1, 0.15) is 5.82 Å². The van der Waals surface area contributed by atoms with E-state index in [0.717, 1.165) is 5.56 Å². The van der Waals surface area contributed by atoms with E-state index in [1.54, 1.807) is 12.1 Å². The van der Waals surface area contributed by atoms with Gasteiger partial charge in [-0.15, -0.1) is 5.10 Å². The number of aromatic nitrogens is 3. The van der Waals surface area contributed by atoms with Crippen LogP contribution in [-0.2, 0) is 6.42 Å². The van der Waals surface area contributed by atoms with Crippen molar-refractivity contribution in [2.45, 2.75) is 19.4 Å². The highest BCUT2D eigenvalue weighted by Gasteiger charge is 2.08. The summed E-state index contributed by atoms with van der Waals surface area (Å²) in [5.41, 5.74) is -0.293. The minimum Gasteiger partial charge on any atom is -0.361 e. The van der Waals surface area contributed by atoms with Crippen molar-refractivity contribution in [1.29, 1.82) is 0 Å². The molecule has 100 valence electrons. The molecule has 0 aliphatic heterocycles. The first-order valence-corrected chi connectivity index (χ1v) is 5.74. The fourth-order valence-corrected chi connectivity index (χ4v) is 1.70. The highest BCUT2D eigenvalue weighted by atomic mass is 19.1. The van der Waals surface area contributed by atoms with Crippen molar-refractivity contribution in [1.82, 2.24) is 15.2 Å². The van der Waals surface area contributed by atoms with Crippen LogP contribution in [0.15, 0.2) is 33.9 Å². The fourth-order valence-electron chi connectivity index (χ4n) is 1.70. The maximum Gasteiger partial charge on any atom is 0.342 e. The Morgan fingerprint density at radius 1 is 1.32 bits per heavy atom. The number of hydrogen-bond acceptors (Lipinski definition) is 4.